The second-order valence-corrected chi connectivity index (χ2v) is 7.93. The van der Waals surface area contributed by atoms with E-state index in [9.17, 15) is 9.59 Å². The number of fused-ring (bicyclic) bond motifs is 1. The highest BCUT2D eigenvalue weighted by Crippen LogP contribution is 2.26. The van der Waals surface area contributed by atoms with Gasteiger partial charge in [0.1, 0.15) is 0 Å². The largest absolute Gasteiger partial charge is 0.340 e. The number of amides is 2. The Bertz CT molecular complexity index is 679. The fourth-order valence-electron chi connectivity index (χ4n) is 4.50. The number of nitrogens with zero attached hydrogens (tertiary/aromatic N) is 3. The molecule has 2 amide bonds. The van der Waals surface area contributed by atoms with Crippen LogP contribution in [0.3, 0.4) is 0 Å². The number of nitrogens with one attached hydrogen (secondary N) is 1. The number of carbonyl (C=O) groups is 2. The van der Waals surface area contributed by atoms with Crippen molar-refractivity contribution in [2.24, 2.45) is 0 Å². The molecule has 1 aromatic carbocycles. The second kappa shape index (κ2) is 8.40. The van der Waals surface area contributed by atoms with E-state index in [2.05, 4.69) is 22.3 Å². The van der Waals surface area contributed by atoms with Crippen molar-refractivity contribution in [2.75, 3.05) is 50.7 Å². The number of anilines is 1. The van der Waals surface area contributed by atoms with Crippen molar-refractivity contribution >= 4 is 17.5 Å². The zero-order valence-electron chi connectivity index (χ0n) is 16.0. The molecule has 1 N–H and O–H groups in total. The Morgan fingerprint density at radius 3 is 2.59 bits per heavy atom. The molecule has 3 heterocycles. The smallest absolute Gasteiger partial charge is 0.241 e. The molecule has 0 radical (unpaired) electrons. The van der Waals surface area contributed by atoms with Crippen LogP contribution in [0.5, 0.6) is 0 Å². The van der Waals surface area contributed by atoms with Crippen LogP contribution in [0.25, 0.3) is 0 Å². The van der Waals surface area contributed by atoms with Gasteiger partial charge in [0.15, 0.2) is 0 Å². The molecule has 146 valence electrons. The Balaban J connectivity index is 1.27. The van der Waals surface area contributed by atoms with E-state index in [0.29, 0.717) is 19.0 Å². The van der Waals surface area contributed by atoms with Crippen LogP contribution in [0.1, 0.15) is 31.2 Å². The molecule has 3 aliphatic heterocycles. The molecule has 0 spiro atoms. The van der Waals surface area contributed by atoms with Gasteiger partial charge in [-0.1, -0.05) is 18.2 Å². The van der Waals surface area contributed by atoms with Crippen molar-refractivity contribution < 1.29 is 9.59 Å². The molecule has 1 atom stereocenters. The minimum atomic E-state index is 0.178. The van der Waals surface area contributed by atoms with Gasteiger partial charge in [-0.2, -0.15) is 0 Å². The van der Waals surface area contributed by atoms with E-state index in [4.69, 9.17) is 0 Å². The zero-order valence-corrected chi connectivity index (χ0v) is 16.0. The summed E-state index contributed by atoms with van der Waals surface area (Å²) < 4.78 is 0. The maximum Gasteiger partial charge on any atom is 0.241 e. The third-order valence-corrected chi connectivity index (χ3v) is 6.08. The summed E-state index contributed by atoms with van der Waals surface area (Å²) in [6.45, 7) is 5.32. The summed E-state index contributed by atoms with van der Waals surface area (Å²) in [4.78, 5) is 31.4. The lowest BCUT2D eigenvalue weighted by molar-refractivity contribution is -0.133. The van der Waals surface area contributed by atoms with Crippen molar-refractivity contribution in [2.45, 2.75) is 38.1 Å². The maximum atomic E-state index is 12.9. The van der Waals surface area contributed by atoms with Crippen LogP contribution in [0.15, 0.2) is 24.3 Å². The SMILES string of the molecule is O=C(CC1CCCN1)N1CCN(CC(=O)N2CCCc3ccccc32)CC1. The van der Waals surface area contributed by atoms with E-state index in [1.54, 1.807) is 0 Å². The van der Waals surface area contributed by atoms with Gasteiger partial charge in [-0.25, -0.2) is 0 Å². The highest BCUT2D eigenvalue weighted by Gasteiger charge is 2.28. The molecular weight excluding hydrogens is 340 g/mol. The average molecular weight is 370 g/mol. The summed E-state index contributed by atoms with van der Waals surface area (Å²) in [5.41, 5.74) is 2.35. The number of hydrogen-bond acceptors (Lipinski definition) is 4. The van der Waals surface area contributed by atoms with Crippen LogP contribution in [0, 0.1) is 0 Å². The third-order valence-electron chi connectivity index (χ3n) is 6.08. The molecule has 2 saturated heterocycles. The topological polar surface area (TPSA) is 55.9 Å². The van der Waals surface area contributed by atoms with Crippen molar-refractivity contribution in [1.82, 2.24) is 15.1 Å². The van der Waals surface area contributed by atoms with Crippen LogP contribution in [-0.4, -0.2) is 73.5 Å². The Hall–Kier alpha value is -1.92. The van der Waals surface area contributed by atoms with Crippen LogP contribution < -0.4 is 10.2 Å². The quantitative estimate of drug-likeness (QED) is 0.867. The lowest BCUT2D eigenvalue weighted by atomic mass is 10.0. The summed E-state index contributed by atoms with van der Waals surface area (Å²) in [6.07, 6.45) is 4.98. The molecular formula is C21H30N4O2. The van der Waals surface area contributed by atoms with Crippen molar-refractivity contribution in [1.29, 1.82) is 0 Å². The van der Waals surface area contributed by atoms with Gasteiger partial charge < -0.3 is 15.1 Å². The number of aryl methyl sites for hydroxylation is 1. The average Bonchev–Trinajstić information content (AvgIpc) is 3.21. The van der Waals surface area contributed by atoms with Gasteiger partial charge in [0, 0.05) is 50.9 Å². The molecule has 0 bridgehead atoms. The standard InChI is InChI=1S/C21H30N4O2/c26-20(15-18-7-3-9-22-18)24-13-11-23(12-14-24)16-21(27)25-10-4-6-17-5-1-2-8-19(17)25/h1-2,5,8,18,22H,3-4,6-7,9-16H2. The normalized spacial score (nSPS) is 23.3. The minimum Gasteiger partial charge on any atom is -0.340 e. The summed E-state index contributed by atoms with van der Waals surface area (Å²) in [5.74, 6) is 0.433. The number of rotatable bonds is 4. The van der Waals surface area contributed by atoms with Crippen LogP contribution >= 0.6 is 0 Å². The molecule has 0 aromatic heterocycles. The van der Waals surface area contributed by atoms with Gasteiger partial charge >= 0.3 is 0 Å². The molecule has 4 rings (SSSR count). The number of hydrogen-bond donors (Lipinski definition) is 1. The predicted molar refractivity (Wildman–Crippen MR) is 106 cm³/mol. The first-order valence-corrected chi connectivity index (χ1v) is 10.3. The molecule has 0 aliphatic carbocycles. The van der Waals surface area contributed by atoms with E-state index in [1.807, 2.05) is 21.9 Å². The van der Waals surface area contributed by atoms with E-state index in [-0.39, 0.29) is 11.8 Å². The highest BCUT2D eigenvalue weighted by molar-refractivity contribution is 5.96. The van der Waals surface area contributed by atoms with Gasteiger partial charge in [0.25, 0.3) is 0 Å². The van der Waals surface area contributed by atoms with E-state index in [0.717, 1.165) is 64.2 Å². The highest BCUT2D eigenvalue weighted by atomic mass is 16.2. The first-order chi connectivity index (χ1) is 13.2. The van der Waals surface area contributed by atoms with Gasteiger partial charge in [-0.05, 0) is 43.9 Å². The van der Waals surface area contributed by atoms with Crippen LogP contribution in [0.2, 0.25) is 0 Å². The fourth-order valence-corrected chi connectivity index (χ4v) is 4.50. The number of benzene rings is 1. The number of para-hydroxylation sites is 1. The predicted octanol–water partition coefficient (Wildman–Crippen LogP) is 1.25. The monoisotopic (exact) mass is 370 g/mol. The summed E-state index contributed by atoms with van der Waals surface area (Å²) in [6, 6.07) is 8.59. The first kappa shape index (κ1) is 18.4. The molecule has 27 heavy (non-hydrogen) atoms. The molecule has 3 aliphatic rings. The van der Waals surface area contributed by atoms with Gasteiger partial charge in [0.05, 0.1) is 6.54 Å². The molecule has 6 heteroatoms. The Morgan fingerprint density at radius 2 is 1.81 bits per heavy atom. The number of carbonyl (C=O) groups excluding carboxylic acids is 2. The van der Waals surface area contributed by atoms with Crippen molar-refractivity contribution in [3.63, 3.8) is 0 Å². The van der Waals surface area contributed by atoms with Crippen molar-refractivity contribution in [3.05, 3.63) is 29.8 Å². The van der Waals surface area contributed by atoms with E-state index < -0.39 is 0 Å². The molecule has 0 saturated carbocycles. The lowest BCUT2D eigenvalue weighted by Gasteiger charge is -2.36. The minimum absolute atomic E-state index is 0.178. The van der Waals surface area contributed by atoms with E-state index in [1.165, 1.54) is 12.0 Å². The Kier molecular flexibility index (Phi) is 5.74. The van der Waals surface area contributed by atoms with Crippen LogP contribution in [-0.2, 0) is 16.0 Å². The van der Waals surface area contributed by atoms with Crippen molar-refractivity contribution in [3.8, 4) is 0 Å². The third kappa shape index (κ3) is 4.33. The zero-order chi connectivity index (χ0) is 18.6. The Labute approximate surface area is 161 Å². The first-order valence-electron chi connectivity index (χ1n) is 10.3. The molecule has 1 unspecified atom stereocenters. The summed E-state index contributed by atoms with van der Waals surface area (Å²) in [5, 5.41) is 3.40. The summed E-state index contributed by atoms with van der Waals surface area (Å²) >= 11 is 0. The maximum absolute atomic E-state index is 12.9. The lowest BCUT2D eigenvalue weighted by Crippen LogP contribution is -2.52. The number of piperazine rings is 1. The van der Waals surface area contributed by atoms with E-state index >= 15 is 0 Å². The van der Waals surface area contributed by atoms with Gasteiger partial charge in [-0.3, -0.25) is 14.5 Å². The van der Waals surface area contributed by atoms with Gasteiger partial charge in [-0.15, -0.1) is 0 Å². The summed E-state index contributed by atoms with van der Waals surface area (Å²) in [7, 11) is 0. The Morgan fingerprint density at radius 1 is 1.00 bits per heavy atom. The second-order valence-electron chi connectivity index (χ2n) is 7.93. The fraction of sp³-hybridized carbons (Fsp3) is 0.619. The molecule has 1 aromatic rings. The van der Waals surface area contributed by atoms with Crippen LogP contribution in [0.4, 0.5) is 5.69 Å². The molecule has 2 fully saturated rings. The molecule has 6 nitrogen and oxygen atoms in total. The van der Waals surface area contributed by atoms with Gasteiger partial charge in [0.2, 0.25) is 11.8 Å².